The Morgan fingerprint density at radius 2 is 2.04 bits per heavy atom. The Morgan fingerprint density at radius 3 is 2.73 bits per heavy atom. The van der Waals surface area contributed by atoms with Crippen molar-refractivity contribution >= 4 is 17.7 Å². The van der Waals surface area contributed by atoms with E-state index in [2.05, 4.69) is 10.5 Å². The summed E-state index contributed by atoms with van der Waals surface area (Å²) in [6.07, 6.45) is 1.04. The molecule has 2 heterocycles. The van der Waals surface area contributed by atoms with Crippen LogP contribution in [-0.4, -0.2) is 53.5 Å². The Morgan fingerprint density at radius 1 is 1.31 bits per heavy atom. The van der Waals surface area contributed by atoms with Gasteiger partial charge in [-0.2, -0.15) is 0 Å². The van der Waals surface area contributed by atoms with Crippen molar-refractivity contribution in [2.75, 3.05) is 19.6 Å². The molecule has 0 saturated carbocycles. The van der Waals surface area contributed by atoms with E-state index in [4.69, 9.17) is 4.84 Å². The summed E-state index contributed by atoms with van der Waals surface area (Å²) < 4.78 is 0. The highest BCUT2D eigenvalue weighted by molar-refractivity contribution is 6.01. The van der Waals surface area contributed by atoms with Gasteiger partial charge in [0.05, 0.1) is 18.2 Å². The Balaban J connectivity index is 1.48. The van der Waals surface area contributed by atoms with Crippen LogP contribution in [0.1, 0.15) is 30.9 Å². The van der Waals surface area contributed by atoms with E-state index in [9.17, 15) is 14.7 Å². The molecule has 3 atom stereocenters. The zero-order valence-electron chi connectivity index (χ0n) is 15.1. The molecule has 140 valence electrons. The van der Waals surface area contributed by atoms with Crippen LogP contribution in [-0.2, 0) is 9.63 Å². The number of nitrogens with one attached hydrogen (secondary N) is 1. The minimum absolute atomic E-state index is 0.176. The number of likely N-dealkylation sites (tertiary alicyclic amines) is 1. The Labute approximate surface area is 153 Å². The average molecular weight is 359 g/mol. The van der Waals surface area contributed by atoms with Crippen LogP contribution in [0.15, 0.2) is 29.4 Å². The maximum Gasteiger partial charge on any atom is 0.317 e. The van der Waals surface area contributed by atoms with E-state index < -0.39 is 11.9 Å². The summed E-state index contributed by atoms with van der Waals surface area (Å²) in [5, 5.41) is 16.2. The first-order valence-electron chi connectivity index (χ1n) is 8.97. The van der Waals surface area contributed by atoms with Gasteiger partial charge in [0.15, 0.2) is 6.10 Å². The zero-order valence-corrected chi connectivity index (χ0v) is 15.1. The fourth-order valence-electron chi connectivity index (χ4n) is 3.46. The van der Waals surface area contributed by atoms with Crippen molar-refractivity contribution < 1.29 is 19.5 Å². The monoisotopic (exact) mass is 359 g/mol. The minimum Gasteiger partial charge on any atom is -0.481 e. The van der Waals surface area contributed by atoms with Gasteiger partial charge in [-0.05, 0) is 24.8 Å². The van der Waals surface area contributed by atoms with Gasteiger partial charge in [0.2, 0.25) is 0 Å². The summed E-state index contributed by atoms with van der Waals surface area (Å²) in [7, 11) is 0. The summed E-state index contributed by atoms with van der Waals surface area (Å²) in [6, 6.07) is 7.85. The highest BCUT2D eigenvalue weighted by atomic mass is 16.6. The largest absolute Gasteiger partial charge is 0.481 e. The van der Waals surface area contributed by atoms with E-state index in [1.54, 1.807) is 4.90 Å². The van der Waals surface area contributed by atoms with Crippen LogP contribution >= 0.6 is 0 Å². The molecule has 2 N–H and O–H groups in total. The van der Waals surface area contributed by atoms with Crippen LogP contribution < -0.4 is 5.32 Å². The van der Waals surface area contributed by atoms with Gasteiger partial charge < -0.3 is 20.2 Å². The van der Waals surface area contributed by atoms with Crippen molar-refractivity contribution in [3.05, 3.63) is 35.4 Å². The number of nitrogens with zero attached hydrogens (tertiary/aromatic N) is 2. The molecule has 1 aromatic carbocycles. The summed E-state index contributed by atoms with van der Waals surface area (Å²) in [5.74, 6) is -1.16. The molecule has 2 aliphatic heterocycles. The van der Waals surface area contributed by atoms with Gasteiger partial charge in [0.1, 0.15) is 0 Å². The first-order chi connectivity index (χ1) is 12.4. The highest BCUT2D eigenvalue weighted by Gasteiger charge is 2.32. The quantitative estimate of drug-likeness (QED) is 0.862. The number of amides is 2. The van der Waals surface area contributed by atoms with E-state index in [1.165, 1.54) is 5.56 Å². The standard InChI is InChI=1S/C19H25N3O4/c1-12-3-5-14(6-4-12)17-8-16(26-21-17)9-20-19(25)22-10-13(2)7-15(11-22)18(23)24/h3-6,13,15-16H,7-11H2,1-2H3,(H,20,25)(H,23,24). The number of aryl methyl sites for hydroxylation is 1. The number of aliphatic carboxylic acids is 1. The van der Waals surface area contributed by atoms with Crippen molar-refractivity contribution in [3.8, 4) is 0 Å². The van der Waals surface area contributed by atoms with Crippen molar-refractivity contribution in [1.82, 2.24) is 10.2 Å². The van der Waals surface area contributed by atoms with Crippen molar-refractivity contribution in [2.24, 2.45) is 17.0 Å². The predicted octanol–water partition coefficient (Wildman–Crippen LogP) is 2.24. The summed E-state index contributed by atoms with van der Waals surface area (Å²) >= 11 is 0. The summed E-state index contributed by atoms with van der Waals surface area (Å²) in [4.78, 5) is 30.6. The second-order valence-electron chi connectivity index (χ2n) is 7.30. The van der Waals surface area contributed by atoms with Gasteiger partial charge in [-0.3, -0.25) is 4.79 Å². The molecule has 7 heteroatoms. The van der Waals surface area contributed by atoms with Crippen LogP contribution in [0.2, 0.25) is 0 Å². The van der Waals surface area contributed by atoms with Crippen LogP contribution in [0.5, 0.6) is 0 Å². The van der Waals surface area contributed by atoms with E-state index >= 15 is 0 Å². The number of carboxylic acids is 1. The lowest BCUT2D eigenvalue weighted by atomic mass is 9.91. The molecule has 0 spiro atoms. The number of piperidine rings is 1. The van der Waals surface area contributed by atoms with Crippen LogP contribution in [0.3, 0.4) is 0 Å². The number of hydrogen-bond acceptors (Lipinski definition) is 4. The third-order valence-electron chi connectivity index (χ3n) is 4.89. The molecular formula is C19H25N3O4. The van der Waals surface area contributed by atoms with Crippen molar-refractivity contribution in [2.45, 2.75) is 32.8 Å². The van der Waals surface area contributed by atoms with Gasteiger partial charge in [0.25, 0.3) is 0 Å². The van der Waals surface area contributed by atoms with Crippen LogP contribution in [0.4, 0.5) is 4.79 Å². The molecule has 0 aromatic heterocycles. The number of carbonyl (C=O) groups is 2. The minimum atomic E-state index is -0.843. The fourth-order valence-corrected chi connectivity index (χ4v) is 3.46. The third kappa shape index (κ3) is 4.33. The number of carboxylic acid groups (broad SMARTS) is 1. The first kappa shape index (κ1) is 18.2. The molecule has 26 heavy (non-hydrogen) atoms. The molecule has 2 aliphatic rings. The molecule has 0 aliphatic carbocycles. The number of benzene rings is 1. The summed E-state index contributed by atoms with van der Waals surface area (Å²) in [6.45, 7) is 5.18. The molecule has 1 fully saturated rings. The van der Waals surface area contributed by atoms with Gasteiger partial charge >= 0.3 is 12.0 Å². The number of oxime groups is 1. The lowest BCUT2D eigenvalue weighted by molar-refractivity contribution is -0.143. The zero-order chi connectivity index (χ0) is 18.7. The average Bonchev–Trinajstić information content (AvgIpc) is 3.08. The third-order valence-corrected chi connectivity index (χ3v) is 4.89. The maximum atomic E-state index is 12.4. The highest BCUT2D eigenvalue weighted by Crippen LogP contribution is 2.22. The Kier molecular flexibility index (Phi) is 5.44. The number of hydrogen-bond donors (Lipinski definition) is 2. The molecular weight excluding hydrogens is 334 g/mol. The second-order valence-corrected chi connectivity index (χ2v) is 7.30. The van der Waals surface area contributed by atoms with E-state index in [1.807, 2.05) is 38.1 Å². The Bertz CT molecular complexity index is 701. The fraction of sp³-hybridized carbons (Fsp3) is 0.526. The topological polar surface area (TPSA) is 91.2 Å². The normalized spacial score (nSPS) is 25.4. The summed E-state index contributed by atoms with van der Waals surface area (Å²) in [5.41, 5.74) is 3.09. The lowest BCUT2D eigenvalue weighted by Crippen LogP contribution is -2.50. The van der Waals surface area contributed by atoms with Crippen LogP contribution in [0.25, 0.3) is 0 Å². The molecule has 1 saturated heterocycles. The molecule has 7 nitrogen and oxygen atoms in total. The maximum absolute atomic E-state index is 12.4. The number of carbonyl (C=O) groups excluding carboxylic acids is 1. The van der Waals surface area contributed by atoms with Crippen LogP contribution in [0, 0.1) is 18.8 Å². The molecule has 3 unspecified atom stereocenters. The molecule has 0 bridgehead atoms. The molecule has 2 amide bonds. The molecule has 3 rings (SSSR count). The van der Waals surface area contributed by atoms with Crippen molar-refractivity contribution in [3.63, 3.8) is 0 Å². The second kappa shape index (κ2) is 7.76. The van der Waals surface area contributed by atoms with E-state index in [0.717, 1.165) is 11.3 Å². The molecule has 1 aromatic rings. The number of urea groups is 1. The van der Waals surface area contributed by atoms with Gasteiger partial charge in [-0.1, -0.05) is 41.9 Å². The first-order valence-corrected chi connectivity index (χ1v) is 8.97. The smallest absolute Gasteiger partial charge is 0.317 e. The molecule has 0 radical (unpaired) electrons. The van der Waals surface area contributed by atoms with Crippen molar-refractivity contribution in [1.29, 1.82) is 0 Å². The van der Waals surface area contributed by atoms with Gasteiger partial charge in [-0.15, -0.1) is 0 Å². The Hall–Kier alpha value is -2.57. The van der Waals surface area contributed by atoms with E-state index in [0.29, 0.717) is 25.9 Å². The SMILES string of the molecule is Cc1ccc(C2=NOC(CNC(=O)N3CC(C)CC(C(=O)O)C3)C2)cc1. The lowest BCUT2D eigenvalue weighted by Gasteiger charge is -2.34. The number of rotatable bonds is 4. The van der Waals surface area contributed by atoms with Gasteiger partial charge in [-0.25, -0.2) is 4.79 Å². The predicted molar refractivity (Wildman–Crippen MR) is 97.1 cm³/mol. The van der Waals surface area contributed by atoms with Gasteiger partial charge in [0, 0.05) is 19.5 Å². The van der Waals surface area contributed by atoms with E-state index in [-0.39, 0.29) is 24.6 Å².